The van der Waals surface area contributed by atoms with Crippen molar-refractivity contribution in [2.75, 3.05) is 14.1 Å². The predicted octanol–water partition coefficient (Wildman–Crippen LogP) is 2.01. The summed E-state index contributed by atoms with van der Waals surface area (Å²) in [5, 5.41) is 10.7. The second-order valence-corrected chi connectivity index (χ2v) is 4.60. The van der Waals surface area contributed by atoms with E-state index in [1.54, 1.807) is 21.0 Å². The molecule has 0 aromatic heterocycles. The van der Waals surface area contributed by atoms with Gasteiger partial charge in [0, 0.05) is 14.1 Å². The molecule has 0 aliphatic heterocycles. The third-order valence-electron chi connectivity index (χ3n) is 3.34. The standard InChI is InChI=1S/C14H21NO2/c1-5-14(17,11(2)13(16)15(3)4)12-9-7-6-8-10-12/h6-11,17H,5H2,1-4H3/t11-,14+/m1/s1. The van der Waals surface area contributed by atoms with Crippen molar-refractivity contribution >= 4 is 5.91 Å². The van der Waals surface area contributed by atoms with Gasteiger partial charge in [0.15, 0.2) is 0 Å². The van der Waals surface area contributed by atoms with Gasteiger partial charge in [0.05, 0.1) is 5.92 Å². The van der Waals surface area contributed by atoms with Crippen molar-refractivity contribution in [2.45, 2.75) is 25.9 Å². The van der Waals surface area contributed by atoms with Crippen molar-refractivity contribution in [3.63, 3.8) is 0 Å². The number of hydrogen-bond acceptors (Lipinski definition) is 2. The van der Waals surface area contributed by atoms with Gasteiger partial charge in [-0.3, -0.25) is 4.79 Å². The van der Waals surface area contributed by atoms with E-state index in [-0.39, 0.29) is 5.91 Å². The first kappa shape index (κ1) is 13.7. The van der Waals surface area contributed by atoms with Crippen molar-refractivity contribution in [3.8, 4) is 0 Å². The zero-order chi connectivity index (χ0) is 13.1. The molecule has 0 saturated heterocycles. The molecule has 1 N–H and O–H groups in total. The molecule has 0 unspecified atom stereocenters. The van der Waals surface area contributed by atoms with Crippen LogP contribution in [0.2, 0.25) is 0 Å². The Balaban J connectivity index is 3.08. The summed E-state index contributed by atoms with van der Waals surface area (Å²) >= 11 is 0. The van der Waals surface area contributed by atoms with Crippen LogP contribution in [0.25, 0.3) is 0 Å². The lowest BCUT2D eigenvalue weighted by molar-refractivity contribution is -0.143. The lowest BCUT2D eigenvalue weighted by Crippen LogP contribution is -2.42. The smallest absolute Gasteiger partial charge is 0.228 e. The van der Waals surface area contributed by atoms with Crippen LogP contribution in [0.3, 0.4) is 0 Å². The average molecular weight is 235 g/mol. The number of aliphatic hydroxyl groups is 1. The second-order valence-electron chi connectivity index (χ2n) is 4.60. The normalized spacial score (nSPS) is 16.1. The van der Waals surface area contributed by atoms with Gasteiger partial charge in [-0.2, -0.15) is 0 Å². The molecule has 0 spiro atoms. The molecular formula is C14H21NO2. The predicted molar refractivity (Wildman–Crippen MR) is 68.5 cm³/mol. The van der Waals surface area contributed by atoms with Crippen molar-refractivity contribution < 1.29 is 9.90 Å². The molecule has 3 heteroatoms. The van der Waals surface area contributed by atoms with E-state index in [9.17, 15) is 9.90 Å². The highest BCUT2D eigenvalue weighted by Crippen LogP contribution is 2.33. The first-order valence-electron chi connectivity index (χ1n) is 5.92. The van der Waals surface area contributed by atoms with Crippen molar-refractivity contribution in [1.29, 1.82) is 0 Å². The zero-order valence-electron chi connectivity index (χ0n) is 11.0. The van der Waals surface area contributed by atoms with Crippen LogP contribution >= 0.6 is 0 Å². The summed E-state index contributed by atoms with van der Waals surface area (Å²) in [6.07, 6.45) is 0.512. The van der Waals surface area contributed by atoms with Gasteiger partial charge in [0.25, 0.3) is 0 Å². The molecular weight excluding hydrogens is 214 g/mol. The molecule has 17 heavy (non-hydrogen) atoms. The third kappa shape index (κ3) is 2.67. The summed E-state index contributed by atoms with van der Waals surface area (Å²) in [5.41, 5.74) is -0.298. The van der Waals surface area contributed by atoms with Gasteiger partial charge in [-0.25, -0.2) is 0 Å². The van der Waals surface area contributed by atoms with E-state index in [2.05, 4.69) is 0 Å². The minimum absolute atomic E-state index is 0.0572. The van der Waals surface area contributed by atoms with Crippen LogP contribution in [0.15, 0.2) is 30.3 Å². The number of rotatable bonds is 4. The molecule has 0 bridgehead atoms. The van der Waals surface area contributed by atoms with E-state index >= 15 is 0 Å². The molecule has 0 heterocycles. The second kappa shape index (κ2) is 5.32. The van der Waals surface area contributed by atoms with E-state index in [0.29, 0.717) is 6.42 Å². The molecule has 3 nitrogen and oxygen atoms in total. The summed E-state index contributed by atoms with van der Waals surface area (Å²) in [4.78, 5) is 13.5. The summed E-state index contributed by atoms with van der Waals surface area (Å²) in [7, 11) is 3.42. The van der Waals surface area contributed by atoms with E-state index in [4.69, 9.17) is 0 Å². The minimum atomic E-state index is -1.09. The number of carbonyl (C=O) groups excluding carboxylic acids is 1. The first-order chi connectivity index (χ1) is 7.93. The monoisotopic (exact) mass is 235 g/mol. The van der Waals surface area contributed by atoms with Crippen molar-refractivity contribution in [3.05, 3.63) is 35.9 Å². The topological polar surface area (TPSA) is 40.5 Å². The Hall–Kier alpha value is -1.35. The van der Waals surface area contributed by atoms with Crippen LogP contribution in [-0.4, -0.2) is 30.0 Å². The molecule has 94 valence electrons. The van der Waals surface area contributed by atoms with Gasteiger partial charge < -0.3 is 10.0 Å². The Morgan fingerprint density at radius 1 is 1.35 bits per heavy atom. The van der Waals surface area contributed by atoms with Crippen LogP contribution < -0.4 is 0 Å². The molecule has 1 aromatic rings. The highest BCUT2D eigenvalue weighted by molar-refractivity contribution is 5.79. The number of carbonyl (C=O) groups is 1. The Morgan fingerprint density at radius 3 is 2.29 bits per heavy atom. The first-order valence-corrected chi connectivity index (χ1v) is 5.92. The largest absolute Gasteiger partial charge is 0.384 e. The van der Waals surface area contributed by atoms with E-state index in [1.807, 2.05) is 37.3 Å². The Labute approximate surface area is 103 Å². The maximum atomic E-state index is 12.0. The van der Waals surface area contributed by atoms with Crippen LogP contribution in [-0.2, 0) is 10.4 Å². The fourth-order valence-corrected chi connectivity index (χ4v) is 2.08. The fourth-order valence-electron chi connectivity index (χ4n) is 2.08. The SMILES string of the molecule is CC[C@@](O)(c1ccccc1)[C@H](C)C(=O)N(C)C. The van der Waals surface area contributed by atoms with E-state index in [1.165, 1.54) is 4.90 Å². The Morgan fingerprint density at radius 2 is 1.88 bits per heavy atom. The van der Waals surface area contributed by atoms with Crippen LogP contribution in [0, 0.1) is 5.92 Å². The highest BCUT2D eigenvalue weighted by atomic mass is 16.3. The third-order valence-corrected chi connectivity index (χ3v) is 3.34. The molecule has 2 atom stereocenters. The lowest BCUT2D eigenvalue weighted by atomic mass is 9.79. The average Bonchev–Trinajstić information content (AvgIpc) is 2.36. The minimum Gasteiger partial charge on any atom is -0.384 e. The number of benzene rings is 1. The molecule has 0 aliphatic rings. The molecule has 1 amide bonds. The highest BCUT2D eigenvalue weighted by Gasteiger charge is 2.38. The molecule has 1 rings (SSSR count). The summed E-state index contributed by atoms with van der Waals surface area (Å²) in [6, 6.07) is 9.38. The summed E-state index contributed by atoms with van der Waals surface area (Å²) in [5.74, 6) is -0.511. The number of hydrogen-bond donors (Lipinski definition) is 1. The molecule has 0 fully saturated rings. The molecule has 0 aliphatic carbocycles. The number of nitrogens with zero attached hydrogens (tertiary/aromatic N) is 1. The van der Waals surface area contributed by atoms with Gasteiger partial charge in [-0.1, -0.05) is 44.2 Å². The van der Waals surface area contributed by atoms with Crippen molar-refractivity contribution in [2.24, 2.45) is 5.92 Å². The van der Waals surface area contributed by atoms with Gasteiger partial charge in [0.2, 0.25) is 5.91 Å². The quantitative estimate of drug-likeness (QED) is 0.867. The molecule has 0 saturated carbocycles. The van der Waals surface area contributed by atoms with Gasteiger partial charge in [-0.15, -0.1) is 0 Å². The van der Waals surface area contributed by atoms with Gasteiger partial charge >= 0.3 is 0 Å². The van der Waals surface area contributed by atoms with Crippen molar-refractivity contribution in [1.82, 2.24) is 4.90 Å². The lowest BCUT2D eigenvalue weighted by Gasteiger charge is -2.34. The Kier molecular flexibility index (Phi) is 4.29. The fraction of sp³-hybridized carbons (Fsp3) is 0.500. The van der Waals surface area contributed by atoms with Crippen LogP contribution in [0.4, 0.5) is 0 Å². The Bertz CT molecular complexity index is 375. The van der Waals surface area contributed by atoms with E-state index in [0.717, 1.165) is 5.56 Å². The zero-order valence-corrected chi connectivity index (χ0v) is 11.0. The van der Waals surface area contributed by atoms with Gasteiger partial charge in [0.1, 0.15) is 5.60 Å². The summed E-state index contributed by atoms with van der Waals surface area (Å²) < 4.78 is 0. The maximum absolute atomic E-state index is 12.0. The number of amides is 1. The van der Waals surface area contributed by atoms with Crippen LogP contribution in [0.1, 0.15) is 25.8 Å². The van der Waals surface area contributed by atoms with E-state index < -0.39 is 11.5 Å². The van der Waals surface area contributed by atoms with Crippen LogP contribution in [0.5, 0.6) is 0 Å². The van der Waals surface area contributed by atoms with Gasteiger partial charge in [-0.05, 0) is 12.0 Å². The molecule has 1 aromatic carbocycles. The summed E-state index contributed by atoms with van der Waals surface area (Å²) in [6.45, 7) is 3.67. The molecule has 0 radical (unpaired) electrons. The maximum Gasteiger partial charge on any atom is 0.228 e.